The lowest BCUT2D eigenvalue weighted by atomic mass is 9.79. The third kappa shape index (κ3) is 3.26. The van der Waals surface area contributed by atoms with Crippen molar-refractivity contribution in [3.63, 3.8) is 0 Å². The highest BCUT2D eigenvalue weighted by atomic mass is 16.8. The van der Waals surface area contributed by atoms with Crippen molar-refractivity contribution in [1.29, 1.82) is 0 Å². The minimum atomic E-state index is -1.90. The Bertz CT molecular complexity index is 644. The Kier molecular flexibility index (Phi) is 5.57. The van der Waals surface area contributed by atoms with Gasteiger partial charge in [0.05, 0.1) is 25.4 Å². The number of aliphatic carboxylic acids is 1. The second-order valence-corrected chi connectivity index (χ2v) is 6.72. The molecule has 0 radical (unpaired) electrons. The molecule has 0 aromatic rings. The molecule has 8 atom stereocenters. The number of fused-ring (bicyclic) bond motifs is 1. The van der Waals surface area contributed by atoms with E-state index in [1.807, 2.05) is 0 Å². The van der Waals surface area contributed by atoms with Crippen LogP contribution in [0.3, 0.4) is 0 Å². The summed E-state index contributed by atoms with van der Waals surface area (Å²) in [5.41, 5.74) is -2.04. The summed E-state index contributed by atoms with van der Waals surface area (Å²) in [6.45, 7) is -1.15. The van der Waals surface area contributed by atoms with E-state index >= 15 is 0 Å². The van der Waals surface area contributed by atoms with Crippen LogP contribution in [0, 0.1) is 5.92 Å². The molecule has 1 saturated heterocycles. The minimum absolute atomic E-state index is 0.0937. The van der Waals surface area contributed by atoms with Gasteiger partial charge < -0.3 is 50.0 Å². The molecule has 0 amide bonds. The van der Waals surface area contributed by atoms with Crippen LogP contribution in [0.4, 0.5) is 0 Å². The fourth-order valence-corrected chi connectivity index (χ4v) is 3.66. The molecule has 2 heterocycles. The molecule has 3 aliphatic rings. The number of rotatable bonds is 5. The number of carboxylic acid groups (broad SMARTS) is 1. The standard InChI is InChI=1S/C16H22O11/c17-3-6-1-2-16(24)7(13(22)23)5-25-14(9(6)16)27-15-12(21)11(20)10(19)8(4-18)26-15/h1,5,8-12,14-15,17-21,24H,2-4H2,(H,22,23)/t8-,9+,10+,11-,12-,14+,15-,16+/m1/s1. The average molecular weight is 390 g/mol. The molecule has 0 aromatic carbocycles. The number of carboxylic acids is 1. The topological polar surface area (TPSA) is 186 Å². The fraction of sp³-hybridized carbons (Fsp3) is 0.688. The summed E-state index contributed by atoms with van der Waals surface area (Å²) in [7, 11) is 0. The van der Waals surface area contributed by atoms with Gasteiger partial charge >= 0.3 is 5.97 Å². The van der Waals surface area contributed by atoms with Gasteiger partial charge in [-0.1, -0.05) is 6.08 Å². The maximum Gasteiger partial charge on any atom is 0.337 e. The summed E-state index contributed by atoms with van der Waals surface area (Å²) >= 11 is 0. The van der Waals surface area contributed by atoms with E-state index in [2.05, 4.69) is 0 Å². The van der Waals surface area contributed by atoms with Crippen molar-refractivity contribution in [2.24, 2.45) is 5.92 Å². The van der Waals surface area contributed by atoms with E-state index in [1.54, 1.807) is 0 Å². The number of hydrogen-bond acceptors (Lipinski definition) is 10. The smallest absolute Gasteiger partial charge is 0.337 e. The van der Waals surface area contributed by atoms with Gasteiger partial charge in [-0.05, 0) is 12.0 Å². The first-order chi connectivity index (χ1) is 12.7. The molecule has 2 aliphatic heterocycles. The molecule has 7 N–H and O–H groups in total. The quantitative estimate of drug-likeness (QED) is 0.234. The number of ether oxygens (including phenoxy) is 3. The van der Waals surface area contributed by atoms with E-state index in [-0.39, 0.29) is 12.0 Å². The molecular weight excluding hydrogens is 368 g/mol. The van der Waals surface area contributed by atoms with Crippen molar-refractivity contribution in [3.8, 4) is 0 Å². The highest BCUT2D eigenvalue weighted by molar-refractivity contribution is 5.89. The maximum atomic E-state index is 11.4. The zero-order chi connectivity index (χ0) is 19.9. The first-order valence-electron chi connectivity index (χ1n) is 8.32. The van der Waals surface area contributed by atoms with Gasteiger partial charge in [-0.25, -0.2) is 4.79 Å². The van der Waals surface area contributed by atoms with Crippen LogP contribution in [0.1, 0.15) is 6.42 Å². The SMILES string of the molecule is O=C(O)C1=CO[C@@H](O[C@H]2O[C@H](CO)[C@H](O)[C@@H](O)[C@H]2O)[C@@H]2C(CO)=CC[C@]12O. The Hall–Kier alpha value is -1.57. The van der Waals surface area contributed by atoms with Crippen LogP contribution in [0.15, 0.2) is 23.5 Å². The van der Waals surface area contributed by atoms with Crippen LogP contribution in [-0.2, 0) is 19.0 Å². The van der Waals surface area contributed by atoms with Crippen LogP contribution in [-0.4, -0.2) is 97.5 Å². The second kappa shape index (κ2) is 7.45. The number of aliphatic hydroxyl groups excluding tert-OH is 5. The summed E-state index contributed by atoms with van der Waals surface area (Å²) in [4.78, 5) is 11.4. The Labute approximate surface area is 153 Å². The Morgan fingerprint density at radius 1 is 1.19 bits per heavy atom. The fourth-order valence-electron chi connectivity index (χ4n) is 3.66. The monoisotopic (exact) mass is 390 g/mol. The highest BCUT2D eigenvalue weighted by Crippen LogP contribution is 2.47. The zero-order valence-electron chi connectivity index (χ0n) is 14.1. The van der Waals surface area contributed by atoms with Crippen molar-refractivity contribution in [2.45, 2.75) is 49.0 Å². The molecular formula is C16H22O11. The van der Waals surface area contributed by atoms with Crippen molar-refractivity contribution >= 4 is 5.97 Å². The first-order valence-corrected chi connectivity index (χ1v) is 8.32. The van der Waals surface area contributed by atoms with E-state index in [9.17, 15) is 40.5 Å². The van der Waals surface area contributed by atoms with E-state index in [0.717, 1.165) is 6.26 Å². The summed E-state index contributed by atoms with van der Waals surface area (Å²) in [6, 6.07) is 0. The van der Waals surface area contributed by atoms with E-state index < -0.39 is 73.3 Å². The Morgan fingerprint density at radius 2 is 1.89 bits per heavy atom. The van der Waals surface area contributed by atoms with Gasteiger partial charge in [-0.2, -0.15) is 0 Å². The van der Waals surface area contributed by atoms with Gasteiger partial charge in [-0.15, -0.1) is 0 Å². The predicted molar refractivity (Wildman–Crippen MR) is 83.7 cm³/mol. The van der Waals surface area contributed by atoms with E-state index in [0.29, 0.717) is 0 Å². The third-order valence-electron chi connectivity index (χ3n) is 5.18. The summed E-state index contributed by atoms with van der Waals surface area (Å²) in [5, 5.41) is 68.7. The second-order valence-electron chi connectivity index (χ2n) is 6.72. The third-order valence-corrected chi connectivity index (χ3v) is 5.18. The normalized spacial score (nSPS) is 44.1. The number of aliphatic hydroxyl groups is 6. The Morgan fingerprint density at radius 3 is 2.48 bits per heavy atom. The molecule has 0 aromatic heterocycles. The number of hydrogen-bond donors (Lipinski definition) is 7. The van der Waals surface area contributed by atoms with Gasteiger partial charge in [0.15, 0.2) is 6.29 Å². The molecule has 11 nitrogen and oxygen atoms in total. The van der Waals surface area contributed by atoms with Gasteiger partial charge in [0.2, 0.25) is 6.29 Å². The average Bonchev–Trinajstić information content (AvgIpc) is 2.99. The van der Waals surface area contributed by atoms with Crippen LogP contribution in [0.2, 0.25) is 0 Å². The van der Waals surface area contributed by atoms with Crippen molar-refractivity contribution in [3.05, 3.63) is 23.5 Å². The molecule has 27 heavy (non-hydrogen) atoms. The van der Waals surface area contributed by atoms with Gasteiger partial charge in [0, 0.05) is 0 Å². The first kappa shape index (κ1) is 20.2. The van der Waals surface area contributed by atoms with Crippen LogP contribution >= 0.6 is 0 Å². The summed E-state index contributed by atoms with van der Waals surface area (Å²) in [6.07, 6.45) is -6.87. The molecule has 1 aliphatic carbocycles. The maximum absolute atomic E-state index is 11.4. The highest BCUT2D eigenvalue weighted by Gasteiger charge is 2.56. The van der Waals surface area contributed by atoms with Crippen molar-refractivity contribution in [1.82, 2.24) is 0 Å². The molecule has 0 spiro atoms. The van der Waals surface area contributed by atoms with Crippen LogP contribution in [0.5, 0.6) is 0 Å². The summed E-state index contributed by atoms with van der Waals surface area (Å²) in [5.74, 6) is -2.51. The molecule has 0 unspecified atom stereocenters. The minimum Gasteiger partial charge on any atom is -0.478 e. The van der Waals surface area contributed by atoms with Gasteiger partial charge in [0.25, 0.3) is 0 Å². The molecule has 152 valence electrons. The molecule has 0 saturated carbocycles. The molecule has 11 heteroatoms. The van der Waals surface area contributed by atoms with Crippen LogP contribution < -0.4 is 0 Å². The zero-order valence-corrected chi connectivity index (χ0v) is 14.1. The lowest BCUT2D eigenvalue weighted by Crippen LogP contribution is -2.61. The van der Waals surface area contributed by atoms with E-state index in [4.69, 9.17) is 14.2 Å². The number of carbonyl (C=O) groups is 1. The lowest BCUT2D eigenvalue weighted by molar-refractivity contribution is -0.343. The molecule has 1 fully saturated rings. The molecule has 0 bridgehead atoms. The lowest BCUT2D eigenvalue weighted by Gasteiger charge is -2.44. The van der Waals surface area contributed by atoms with Gasteiger partial charge in [0.1, 0.15) is 35.6 Å². The van der Waals surface area contributed by atoms with Crippen molar-refractivity contribution in [2.75, 3.05) is 13.2 Å². The Balaban J connectivity index is 1.86. The largest absolute Gasteiger partial charge is 0.478 e. The summed E-state index contributed by atoms with van der Waals surface area (Å²) < 4.78 is 16.0. The van der Waals surface area contributed by atoms with Crippen molar-refractivity contribution < 1.29 is 54.8 Å². The van der Waals surface area contributed by atoms with Gasteiger partial charge in [-0.3, -0.25) is 0 Å². The van der Waals surface area contributed by atoms with Crippen LogP contribution in [0.25, 0.3) is 0 Å². The predicted octanol–water partition coefficient (Wildman–Crippen LogP) is -3.20. The molecule has 3 rings (SSSR count). The van der Waals surface area contributed by atoms with E-state index in [1.165, 1.54) is 6.08 Å².